The number of pyridine rings is 1. The predicted octanol–water partition coefficient (Wildman–Crippen LogP) is 2.92. The van der Waals surface area contributed by atoms with Gasteiger partial charge in [0.05, 0.1) is 12.7 Å². The first-order valence-corrected chi connectivity index (χ1v) is 6.83. The minimum absolute atomic E-state index is 0.279. The van der Waals surface area contributed by atoms with Crippen LogP contribution in [0.5, 0.6) is 11.6 Å². The van der Waals surface area contributed by atoms with E-state index < -0.39 is 0 Å². The first-order valence-electron chi connectivity index (χ1n) is 6.83. The summed E-state index contributed by atoms with van der Waals surface area (Å²) in [5.41, 5.74) is 1.67. The highest BCUT2D eigenvalue weighted by Gasteiger charge is 2.06. The van der Waals surface area contributed by atoms with E-state index in [4.69, 9.17) is 9.47 Å². The van der Waals surface area contributed by atoms with Crippen LogP contribution in [0.4, 0.5) is 4.39 Å². The molecular formula is C16H19FN2O2. The Labute approximate surface area is 123 Å². The fourth-order valence-corrected chi connectivity index (χ4v) is 1.95. The molecule has 0 saturated heterocycles. The van der Waals surface area contributed by atoms with Crippen molar-refractivity contribution in [3.8, 4) is 11.6 Å². The van der Waals surface area contributed by atoms with Crippen LogP contribution in [0.1, 0.15) is 18.1 Å². The summed E-state index contributed by atoms with van der Waals surface area (Å²) >= 11 is 0. The molecule has 4 nitrogen and oxygen atoms in total. The van der Waals surface area contributed by atoms with E-state index in [-0.39, 0.29) is 12.4 Å². The molecule has 1 aromatic carbocycles. The fourth-order valence-electron chi connectivity index (χ4n) is 1.95. The molecule has 0 spiro atoms. The molecule has 112 valence electrons. The van der Waals surface area contributed by atoms with E-state index >= 15 is 0 Å². The predicted molar refractivity (Wildman–Crippen MR) is 78.9 cm³/mol. The van der Waals surface area contributed by atoms with Gasteiger partial charge in [0.15, 0.2) is 0 Å². The SMILES string of the molecule is CCNCc1cc(F)cc(OCc2cccnc2OC)c1. The summed E-state index contributed by atoms with van der Waals surface area (Å²) in [5, 5.41) is 3.16. The van der Waals surface area contributed by atoms with Crippen molar-refractivity contribution in [3.63, 3.8) is 0 Å². The molecule has 0 bridgehead atoms. The average Bonchev–Trinajstić information content (AvgIpc) is 2.50. The van der Waals surface area contributed by atoms with Crippen LogP contribution in [0.2, 0.25) is 0 Å². The summed E-state index contributed by atoms with van der Waals surface area (Å²) in [6.07, 6.45) is 1.65. The van der Waals surface area contributed by atoms with Crippen LogP contribution in [0, 0.1) is 5.82 Å². The van der Waals surface area contributed by atoms with Crippen LogP contribution < -0.4 is 14.8 Å². The van der Waals surface area contributed by atoms with Gasteiger partial charge in [0.25, 0.3) is 0 Å². The highest BCUT2D eigenvalue weighted by molar-refractivity contribution is 5.31. The molecule has 1 heterocycles. The lowest BCUT2D eigenvalue weighted by atomic mass is 10.2. The van der Waals surface area contributed by atoms with Crippen molar-refractivity contribution < 1.29 is 13.9 Å². The Balaban J connectivity index is 2.07. The molecule has 0 aliphatic rings. The Kier molecular flexibility index (Phi) is 5.51. The molecule has 0 unspecified atom stereocenters. The molecule has 0 atom stereocenters. The van der Waals surface area contributed by atoms with Crippen LogP contribution >= 0.6 is 0 Å². The van der Waals surface area contributed by atoms with E-state index in [1.54, 1.807) is 13.3 Å². The molecular weight excluding hydrogens is 271 g/mol. The van der Waals surface area contributed by atoms with E-state index in [1.807, 2.05) is 25.1 Å². The third kappa shape index (κ3) is 4.43. The van der Waals surface area contributed by atoms with E-state index in [1.165, 1.54) is 12.1 Å². The second-order valence-corrected chi connectivity index (χ2v) is 4.54. The van der Waals surface area contributed by atoms with Crippen molar-refractivity contribution in [2.24, 2.45) is 0 Å². The lowest BCUT2D eigenvalue weighted by Gasteiger charge is -2.11. The maximum atomic E-state index is 13.6. The minimum Gasteiger partial charge on any atom is -0.489 e. The molecule has 0 saturated carbocycles. The molecule has 0 aliphatic carbocycles. The van der Waals surface area contributed by atoms with Gasteiger partial charge in [0, 0.05) is 18.8 Å². The van der Waals surface area contributed by atoms with Gasteiger partial charge in [-0.3, -0.25) is 0 Å². The molecule has 2 rings (SSSR count). The number of hydrogen-bond acceptors (Lipinski definition) is 4. The summed E-state index contributed by atoms with van der Waals surface area (Å²) in [7, 11) is 1.56. The molecule has 21 heavy (non-hydrogen) atoms. The molecule has 0 radical (unpaired) electrons. The van der Waals surface area contributed by atoms with E-state index in [9.17, 15) is 4.39 Å². The summed E-state index contributed by atoms with van der Waals surface area (Å²) < 4.78 is 24.4. The van der Waals surface area contributed by atoms with E-state index in [0.29, 0.717) is 18.2 Å². The molecule has 0 amide bonds. The van der Waals surface area contributed by atoms with Crippen molar-refractivity contribution >= 4 is 0 Å². The Morgan fingerprint density at radius 1 is 1.29 bits per heavy atom. The Bertz CT molecular complexity index is 590. The van der Waals surface area contributed by atoms with Crippen LogP contribution in [0.15, 0.2) is 36.5 Å². The Morgan fingerprint density at radius 2 is 2.14 bits per heavy atom. The van der Waals surface area contributed by atoms with Crippen LogP contribution in [-0.4, -0.2) is 18.6 Å². The molecule has 2 aromatic rings. The third-order valence-corrected chi connectivity index (χ3v) is 2.95. The molecule has 5 heteroatoms. The Morgan fingerprint density at radius 3 is 2.90 bits per heavy atom. The monoisotopic (exact) mass is 290 g/mol. The van der Waals surface area contributed by atoms with Crippen molar-refractivity contribution in [2.45, 2.75) is 20.1 Å². The first kappa shape index (κ1) is 15.3. The second kappa shape index (κ2) is 7.59. The number of aromatic nitrogens is 1. The van der Waals surface area contributed by atoms with Gasteiger partial charge in [0.1, 0.15) is 18.2 Å². The standard InChI is InChI=1S/C16H19FN2O2/c1-3-18-10-12-7-14(17)9-15(8-12)21-11-13-5-4-6-19-16(13)20-2/h4-9,18H,3,10-11H2,1-2H3. The number of hydrogen-bond donors (Lipinski definition) is 1. The summed E-state index contributed by atoms with van der Waals surface area (Å²) in [6, 6.07) is 8.38. The number of nitrogens with zero attached hydrogens (tertiary/aromatic N) is 1. The summed E-state index contributed by atoms with van der Waals surface area (Å²) in [6.45, 7) is 3.73. The summed E-state index contributed by atoms with van der Waals surface area (Å²) in [4.78, 5) is 4.10. The lowest BCUT2D eigenvalue weighted by Crippen LogP contribution is -2.12. The zero-order valence-corrected chi connectivity index (χ0v) is 12.2. The number of methoxy groups -OCH3 is 1. The molecule has 1 N–H and O–H groups in total. The topological polar surface area (TPSA) is 43.4 Å². The van der Waals surface area contributed by atoms with Crippen molar-refractivity contribution in [3.05, 3.63) is 53.5 Å². The van der Waals surface area contributed by atoms with Gasteiger partial charge in [-0.05, 0) is 36.4 Å². The van der Waals surface area contributed by atoms with Crippen molar-refractivity contribution in [1.82, 2.24) is 10.3 Å². The minimum atomic E-state index is -0.307. The normalized spacial score (nSPS) is 10.4. The quantitative estimate of drug-likeness (QED) is 0.851. The highest BCUT2D eigenvalue weighted by atomic mass is 19.1. The van der Waals surface area contributed by atoms with Gasteiger partial charge in [-0.1, -0.05) is 6.92 Å². The fraction of sp³-hybridized carbons (Fsp3) is 0.312. The van der Waals surface area contributed by atoms with Gasteiger partial charge in [0.2, 0.25) is 5.88 Å². The lowest BCUT2D eigenvalue weighted by molar-refractivity contribution is 0.292. The van der Waals surface area contributed by atoms with Gasteiger partial charge in [-0.25, -0.2) is 9.37 Å². The van der Waals surface area contributed by atoms with Crippen molar-refractivity contribution in [1.29, 1.82) is 0 Å². The molecule has 0 aliphatic heterocycles. The maximum absolute atomic E-state index is 13.6. The molecule has 1 aromatic heterocycles. The number of nitrogens with one attached hydrogen (secondary N) is 1. The smallest absolute Gasteiger partial charge is 0.219 e. The first-order chi connectivity index (χ1) is 10.2. The highest BCUT2D eigenvalue weighted by Crippen LogP contribution is 2.20. The number of halogens is 1. The maximum Gasteiger partial charge on any atom is 0.219 e. The van der Waals surface area contributed by atoms with Gasteiger partial charge < -0.3 is 14.8 Å². The van der Waals surface area contributed by atoms with Crippen molar-refractivity contribution in [2.75, 3.05) is 13.7 Å². The third-order valence-electron chi connectivity index (χ3n) is 2.95. The zero-order valence-electron chi connectivity index (χ0n) is 12.2. The van der Waals surface area contributed by atoms with Gasteiger partial charge >= 0.3 is 0 Å². The average molecular weight is 290 g/mol. The second-order valence-electron chi connectivity index (χ2n) is 4.54. The van der Waals surface area contributed by atoms with Crippen LogP contribution in [0.25, 0.3) is 0 Å². The van der Waals surface area contributed by atoms with Crippen LogP contribution in [-0.2, 0) is 13.2 Å². The summed E-state index contributed by atoms with van der Waals surface area (Å²) in [5.74, 6) is 0.703. The van der Waals surface area contributed by atoms with Gasteiger partial charge in [-0.15, -0.1) is 0 Å². The number of benzene rings is 1. The zero-order chi connectivity index (χ0) is 15.1. The van der Waals surface area contributed by atoms with E-state index in [0.717, 1.165) is 17.7 Å². The molecule has 0 fully saturated rings. The Hall–Kier alpha value is -2.14. The van der Waals surface area contributed by atoms with Crippen LogP contribution in [0.3, 0.4) is 0 Å². The number of rotatable bonds is 7. The van der Waals surface area contributed by atoms with E-state index in [2.05, 4.69) is 10.3 Å². The number of ether oxygens (including phenoxy) is 2. The largest absolute Gasteiger partial charge is 0.489 e. The van der Waals surface area contributed by atoms with Gasteiger partial charge in [-0.2, -0.15) is 0 Å².